The van der Waals surface area contributed by atoms with Gasteiger partial charge in [-0.2, -0.15) is 0 Å². The van der Waals surface area contributed by atoms with Crippen LogP contribution in [0, 0.1) is 0 Å². The maximum atomic E-state index is 12.4. The summed E-state index contributed by atoms with van der Waals surface area (Å²) in [4.78, 5) is 23.2. The predicted molar refractivity (Wildman–Crippen MR) is 104 cm³/mol. The molecule has 0 saturated carbocycles. The summed E-state index contributed by atoms with van der Waals surface area (Å²) in [5.41, 5.74) is 3.08. The van der Waals surface area contributed by atoms with Gasteiger partial charge in [0.25, 0.3) is 5.91 Å². The van der Waals surface area contributed by atoms with Gasteiger partial charge in [0.15, 0.2) is 0 Å². The first-order valence-corrected chi connectivity index (χ1v) is 8.82. The topological polar surface area (TPSA) is 58.1 Å². The molecule has 0 atom stereocenters. The number of carbonyl (C=O) groups excluding carboxylic acids is 1. The van der Waals surface area contributed by atoms with E-state index in [0.29, 0.717) is 27.2 Å². The number of fused-ring (bicyclic) bond motifs is 1. The standard InChI is InChI=1S/C19H14Cl2N4O/c20-14-5-3-6-15(21)17(14)24-18(26)13-10-22-19(23-11-13)25-9-8-12-4-1-2-7-16(12)25/h1-7,10-11H,8-9H2,(H,24,26). The van der Waals surface area contributed by atoms with Gasteiger partial charge in [0.2, 0.25) is 5.95 Å². The van der Waals surface area contributed by atoms with Crippen LogP contribution in [0.3, 0.4) is 0 Å². The summed E-state index contributed by atoms with van der Waals surface area (Å²) in [6, 6.07) is 13.2. The Morgan fingerprint density at radius 1 is 1.00 bits per heavy atom. The molecule has 1 aliphatic heterocycles. The highest BCUT2D eigenvalue weighted by atomic mass is 35.5. The maximum Gasteiger partial charge on any atom is 0.258 e. The van der Waals surface area contributed by atoms with Crippen molar-refractivity contribution in [3.8, 4) is 0 Å². The molecule has 0 aliphatic carbocycles. The van der Waals surface area contributed by atoms with Crippen molar-refractivity contribution < 1.29 is 4.79 Å². The Morgan fingerprint density at radius 2 is 1.69 bits per heavy atom. The number of nitrogens with zero attached hydrogens (tertiary/aromatic N) is 3. The number of para-hydroxylation sites is 2. The Labute approximate surface area is 160 Å². The second kappa shape index (κ2) is 6.94. The van der Waals surface area contributed by atoms with Crippen LogP contribution in [0.15, 0.2) is 54.9 Å². The second-order valence-electron chi connectivity index (χ2n) is 5.85. The number of halogens is 2. The van der Waals surface area contributed by atoms with Gasteiger partial charge in [0, 0.05) is 24.6 Å². The van der Waals surface area contributed by atoms with Crippen molar-refractivity contribution in [2.45, 2.75) is 6.42 Å². The minimum Gasteiger partial charge on any atom is -0.319 e. The highest BCUT2D eigenvalue weighted by Crippen LogP contribution is 2.32. The molecule has 1 N–H and O–H groups in total. The van der Waals surface area contributed by atoms with E-state index >= 15 is 0 Å². The summed E-state index contributed by atoms with van der Waals surface area (Å²) < 4.78 is 0. The first kappa shape index (κ1) is 16.8. The smallest absolute Gasteiger partial charge is 0.258 e. The third kappa shape index (κ3) is 3.11. The number of nitrogens with one attached hydrogen (secondary N) is 1. The third-order valence-electron chi connectivity index (χ3n) is 4.23. The van der Waals surface area contributed by atoms with Crippen LogP contribution >= 0.6 is 23.2 Å². The molecule has 1 aromatic heterocycles. The van der Waals surface area contributed by atoms with Crippen LogP contribution < -0.4 is 10.2 Å². The molecule has 5 nitrogen and oxygen atoms in total. The molecule has 130 valence electrons. The largest absolute Gasteiger partial charge is 0.319 e. The fraction of sp³-hybridized carbons (Fsp3) is 0.105. The average Bonchev–Trinajstić information content (AvgIpc) is 3.09. The summed E-state index contributed by atoms with van der Waals surface area (Å²) in [7, 11) is 0. The zero-order valence-electron chi connectivity index (χ0n) is 13.6. The van der Waals surface area contributed by atoms with Gasteiger partial charge in [-0.1, -0.05) is 47.5 Å². The van der Waals surface area contributed by atoms with Crippen LogP contribution in [0.1, 0.15) is 15.9 Å². The summed E-state index contributed by atoms with van der Waals surface area (Å²) >= 11 is 12.2. The normalized spacial score (nSPS) is 12.8. The van der Waals surface area contributed by atoms with Crippen molar-refractivity contribution >= 4 is 46.4 Å². The fourth-order valence-corrected chi connectivity index (χ4v) is 3.42. The van der Waals surface area contributed by atoms with E-state index in [2.05, 4.69) is 21.4 Å². The van der Waals surface area contributed by atoms with E-state index in [9.17, 15) is 4.79 Å². The molecule has 26 heavy (non-hydrogen) atoms. The van der Waals surface area contributed by atoms with Crippen molar-refractivity contribution in [1.82, 2.24) is 9.97 Å². The Kier molecular flexibility index (Phi) is 4.49. The van der Waals surface area contributed by atoms with Crippen molar-refractivity contribution in [2.75, 3.05) is 16.8 Å². The van der Waals surface area contributed by atoms with E-state index in [1.807, 2.05) is 23.1 Å². The van der Waals surface area contributed by atoms with Gasteiger partial charge in [-0.05, 0) is 30.2 Å². The van der Waals surface area contributed by atoms with E-state index in [-0.39, 0.29) is 5.91 Å². The molecule has 2 heterocycles. The monoisotopic (exact) mass is 384 g/mol. The first-order chi connectivity index (χ1) is 12.6. The molecule has 7 heteroatoms. The lowest BCUT2D eigenvalue weighted by Gasteiger charge is -2.17. The van der Waals surface area contributed by atoms with Gasteiger partial charge < -0.3 is 10.2 Å². The van der Waals surface area contributed by atoms with E-state index in [1.165, 1.54) is 18.0 Å². The zero-order chi connectivity index (χ0) is 18.1. The van der Waals surface area contributed by atoms with Crippen LogP contribution in [0.25, 0.3) is 0 Å². The maximum absolute atomic E-state index is 12.4. The number of anilines is 3. The minimum atomic E-state index is -0.367. The number of hydrogen-bond donors (Lipinski definition) is 1. The van der Waals surface area contributed by atoms with Gasteiger partial charge in [-0.3, -0.25) is 4.79 Å². The Bertz CT molecular complexity index is 955. The van der Waals surface area contributed by atoms with Crippen LogP contribution in [0.5, 0.6) is 0 Å². The molecule has 0 bridgehead atoms. The van der Waals surface area contributed by atoms with Crippen molar-refractivity contribution in [3.63, 3.8) is 0 Å². The molecule has 0 unspecified atom stereocenters. The molecule has 1 amide bonds. The molecule has 0 fully saturated rings. The van der Waals surface area contributed by atoms with Gasteiger partial charge in [0.05, 0.1) is 21.3 Å². The molecule has 0 radical (unpaired) electrons. The molecule has 0 spiro atoms. The van der Waals surface area contributed by atoms with E-state index < -0.39 is 0 Å². The number of hydrogen-bond acceptors (Lipinski definition) is 4. The fourth-order valence-electron chi connectivity index (χ4n) is 2.93. The number of carbonyl (C=O) groups is 1. The zero-order valence-corrected chi connectivity index (χ0v) is 15.1. The molecule has 4 rings (SSSR count). The van der Waals surface area contributed by atoms with Crippen molar-refractivity contribution in [3.05, 3.63) is 76.0 Å². The van der Waals surface area contributed by atoms with Gasteiger partial charge in [-0.15, -0.1) is 0 Å². The van der Waals surface area contributed by atoms with Crippen molar-refractivity contribution in [1.29, 1.82) is 0 Å². The average molecular weight is 385 g/mol. The van der Waals surface area contributed by atoms with E-state index in [4.69, 9.17) is 23.2 Å². The van der Waals surface area contributed by atoms with Crippen molar-refractivity contribution in [2.24, 2.45) is 0 Å². The predicted octanol–water partition coefficient (Wildman–Crippen LogP) is 4.73. The summed E-state index contributed by atoms with van der Waals surface area (Å²) in [6.07, 6.45) is 3.96. The van der Waals surface area contributed by atoms with Crippen LogP contribution in [0.2, 0.25) is 10.0 Å². The molecular formula is C19H14Cl2N4O. The number of rotatable bonds is 3. The summed E-state index contributed by atoms with van der Waals surface area (Å²) in [5, 5.41) is 3.45. The summed E-state index contributed by atoms with van der Waals surface area (Å²) in [6.45, 7) is 0.820. The Hall–Kier alpha value is -2.63. The Balaban J connectivity index is 1.54. The molecular weight excluding hydrogens is 371 g/mol. The van der Waals surface area contributed by atoms with Gasteiger partial charge in [-0.25, -0.2) is 9.97 Å². The highest BCUT2D eigenvalue weighted by molar-refractivity contribution is 6.40. The molecule has 0 saturated heterocycles. The van der Waals surface area contributed by atoms with Crippen LogP contribution in [-0.2, 0) is 6.42 Å². The lowest BCUT2D eigenvalue weighted by atomic mass is 10.2. The Morgan fingerprint density at radius 3 is 2.42 bits per heavy atom. The molecule has 3 aromatic rings. The number of benzene rings is 2. The van der Waals surface area contributed by atoms with Crippen LogP contribution in [-0.4, -0.2) is 22.4 Å². The third-order valence-corrected chi connectivity index (χ3v) is 4.86. The number of amides is 1. The first-order valence-electron chi connectivity index (χ1n) is 8.06. The number of aromatic nitrogens is 2. The van der Waals surface area contributed by atoms with Crippen LogP contribution in [0.4, 0.5) is 17.3 Å². The van der Waals surface area contributed by atoms with E-state index in [1.54, 1.807) is 18.2 Å². The quantitative estimate of drug-likeness (QED) is 0.708. The minimum absolute atomic E-state index is 0.331. The van der Waals surface area contributed by atoms with Gasteiger partial charge in [0.1, 0.15) is 0 Å². The summed E-state index contributed by atoms with van der Waals surface area (Å²) in [5.74, 6) is 0.204. The molecule has 2 aromatic carbocycles. The highest BCUT2D eigenvalue weighted by Gasteiger charge is 2.22. The molecule has 1 aliphatic rings. The second-order valence-corrected chi connectivity index (χ2v) is 6.67. The van der Waals surface area contributed by atoms with E-state index in [0.717, 1.165) is 18.7 Å². The van der Waals surface area contributed by atoms with Gasteiger partial charge >= 0.3 is 0 Å². The lowest BCUT2D eigenvalue weighted by Crippen LogP contribution is -2.18. The SMILES string of the molecule is O=C(Nc1c(Cl)cccc1Cl)c1cnc(N2CCc3ccccc32)nc1. The lowest BCUT2D eigenvalue weighted by molar-refractivity contribution is 0.102.